The van der Waals surface area contributed by atoms with E-state index >= 15 is 0 Å². The van der Waals surface area contributed by atoms with Crippen molar-refractivity contribution < 1.29 is 46.2 Å². The minimum atomic E-state index is -2.11. The van der Waals surface area contributed by atoms with Gasteiger partial charge in [-0.1, -0.05) is 0 Å². The van der Waals surface area contributed by atoms with Crippen LogP contribution in [0.15, 0.2) is 6.07 Å². The van der Waals surface area contributed by atoms with E-state index < -0.39 is 47.5 Å². The number of rotatable bonds is 17. The summed E-state index contributed by atoms with van der Waals surface area (Å²) in [7, 11) is 0. The lowest BCUT2D eigenvalue weighted by Crippen LogP contribution is -2.45. The van der Waals surface area contributed by atoms with Crippen molar-refractivity contribution in [3.05, 3.63) is 29.3 Å². The first kappa shape index (κ1) is 33.0. The summed E-state index contributed by atoms with van der Waals surface area (Å²) in [6, 6.07) is -0.490. The molecule has 210 valence electrons. The van der Waals surface area contributed by atoms with Gasteiger partial charge in [0.25, 0.3) is 0 Å². The number of thioether (sulfide) groups is 2. The first-order chi connectivity index (χ1) is 17.5. The van der Waals surface area contributed by atoms with Gasteiger partial charge in [0.05, 0.1) is 11.5 Å². The van der Waals surface area contributed by atoms with Crippen LogP contribution in [0.4, 0.5) is 17.6 Å². The van der Waals surface area contributed by atoms with Crippen LogP contribution in [0.3, 0.4) is 0 Å². The maximum atomic E-state index is 13.8. The molecule has 0 aliphatic rings. The first-order valence-electron chi connectivity index (χ1n) is 11.5. The molecule has 14 heteroatoms. The minimum absolute atomic E-state index is 0.0265. The summed E-state index contributed by atoms with van der Waals surface area (Å²) in [5.74, 6) is -10.4. The molecule has 2 N–H and O–H groups in total. The molecule has 3 atom stereocenters. The molecule has 0 aromatic heterocycles. The lowest BCUT2D eigenvalue weighted by Gasteiger charge is -2.20. The molecule has 0 saturated carbocycles. The molecule has 0 heterocycles. The highest BCUT2D eigenvalue weighted by Gasteiger charge is 2.23. The molecule has 0 spiro atoms. The third-order valence-electron chi connectivity index (χ3n) is 4.60. The summed E-state index contributed by atoms with van der Waals surface area (Å²) in [6.45, 7) is 8.20. The molecule has 0 bridgehead atoms. The fourth-order valence-corrected chi connectivity index (χ4v) is 4.25. The maximum Gasteiger partial charge on any atom is 0.311 e. The van der Waals surface area contributed by atoms with Gasteiger partial charge >= 0.3 is 5.97 Å². The summed E-state index contributed by atoms with van der Waals surface area (Å²) in [5.41, 5.74) is -0.411. The summed E-state index contributed by atoms with van der Waals surface area (Å²) in [4.78, 5) is 36.7. The number of carbonyl (C=O) groups excluding carboxylic acids is 3. The number of amides is 2. The average Bonchev–Trinajstić information content (AvgIpc) is 2.85. The van der Waals surface area contributed by atoms with Gasteiger partial charge in [0.2, 0.25) is 23.4 Å². The summed E-state index contributed by atoms with van der Waals surface area (Å²) >= 11 is 2.53. The molecule has 3 unspecified atom stereocenters. The molecule has 0 aliphatic carbocycles. The topological polar surface area (TPSA) is 103 Å². The third kappa shape index (κ3) is 12.9. The molecule has 0 saturated heterocycles. The van der Waals surface area contributed by atoms with Crippen LogP contribution in [0.2, 0.25) is 0 Å². The fraction of sp³-hybridized carbons (Fsp3) is 0.609. The van der Waals surface area contributed by atoms with E-state index in [1.54, 1.807) is 13.8 Å². The predicted molar refractivity (Wildman–Crippen MR) is 133 cm³/mol. The molecular formula is C23H32F4N2O6S2. The van der Waals surface area contributed by atoms with E-state index in [9.17, 15) is 31.9 Å². The molecule has 0 radical (unpaired) electrons. The second kappa shape index (κ2) is 17.5. The van der Waals surface area contributed by atoms with Crippen LogP contribution in [-0.4, -0.2) is 66.0 Å². The Balaban J connectivity index is 2.72. The van der Waals surface area contributed by atoms with Crippen LogP contribution in [0.25, 0.3) is 0 Å². The molecular weight excluding hydrogens is 540 g/mol. The minimum Gasteiger partial charge on any atom is -0.423 e. The van der Waals surface area contributed by atoms with Crippen molar-refractivity contribution in [1.29, 1.82) is 0 Å². The first-order valence-corrected chi connectivity index (χ1v) is 13.6. The van der Waals surface area contributed by atoms with Crippen LogP contribution in [0.1, 0.15) is 40.5 Å². The molecule has 0 fully saturated rings. The van der Waals surface area contributed by atoms with Gasteiger partial charge in [0.15, 0.2) is 17.4 Å². The standard InChI is InChI=1S/C23H32F4N2O6S2/c1-5-33-13(3)36-11-18(30)28-10-15(29-19(31)12-37-14(4)34-6-2)7-8-20(32)35-17-9-16(24)21(25)23(27)22(17)26/h9,13-15H,5-8,10-12H2,1-4H3,(H,28,30)(H,29,31). The number of ether oxygens (including phenoxy) is 3. The van der Waals surface area contributed by atoms with E-state index in [0.29, 0.717) is 13.2 Å². The zero-order valence-corrected chi connectivity index (χ0v) is 22.7. The smallest absolute Gasteiger partial charge is 0.311 e. The van der Waals surface area contributed by atoms with Crippen molar-refractivity contribution >= 4 is 41.3 Å². The number of benzene rings is 1. The lowest BCUT2D eigenvalue weighted by molar-refractivity contribution is -0.135. The van der Waals surface area contributed by atoms with Crippen LogP contribution in [0, 0.1) is 23.3 Å². The number of hydrogen-bond acceptors (Lipinski definition) is 8. The van der Waals surface area contributed by atoms with Gasteiger partial charge < -0.3 is 24.8 Å². The number of esters is 1. The summed E-state index contributed by atoms with van der Waals surface area (Å²) in [6.07, 6.45) is -0.452. The molecule has 8 nitrogen and oxygen atoms in total. The van der Waals surface area contributed by atoms with E-state index in [1.807, 2.05) is 13.8 Å². The maximum absolute atomic E-state index is 13.8. The van der Waals surface area contributed by atoms with Gasteiger partial charge in [-0.15, -0.1) is 23.5 Å². The Hall–Kier alpha value is -2.03. The molecule has 1 aromatic carbocycles. The Kier molecular flexibility index (Phi) is 15.6. The Labute approximate surface area is 221 Å². The third-order valence-corrected chi connectivity index (χ3v) is 6.67. The lowest BCUT2D eigenvalue weighted by atomic mass is 10.1. The van der Waals surface area contributed by atoms with Gasteiger partial charge in [-0.2, -0.15) is 4.39 Å². The number of hydrogen-bond donors (Lipinski definition) is 2. The highest BCUT2D eigenvalue weighted by atomic mass is 32.2. The number of nitrogens with one attached hydrogen (secondary N) is 2. The van der Waals surface area contributed by atoms with Crippen molar-refractivity contribution in [2.24, 2.45) is 0 Å². The molecule has 1 rings (SSSR count). The van der Waals surface area contributed by atoms with Gasteiger partial charge in [-0.25, -0.2) is 13.2 Å². The van der Waals surface area contributed by atoms with E-state index in [2.05, 4.69) is 15.4 Å². The van der Waals surface area contributed by atoms with Crippen LogP contribution >= 0.6 is 23.5 Å². The van der Waals surface area contributed by atoms with E-state index in [0.717, 1.165) is 0 Å². The number of halogens is 4. The van der Waals surface area contributed by atoms with Crippen molar-refractivity contribution in [3.63, 3.8) is 0 Å². The number of carbonyl (C=O) groups is 3. The van der Waals surface area contributed by atoms with Gasteiger partial charge in [-0.3, -0.25) is 14.4 Å². The second-order valence-corrected chi connectivity index (χ2v) is 10.1. The SMILES string of the molecule is CCOC(C)SCC(=O)NCC(CCC(=O)Oc1cc(F)c(F)c(F)c1F)NC(=O)CSC(C)OCC. The Morgan fingerprint density at radius 1 is 0.892 bits per heavy atom. The largest absolute Gasteiger partial charge is 0.423 e. The van der Waals surface area contributed by atoms with E-state index in [1.165, 1.54) is 23.5 Å². The van der Waals surface area contributed by atoms with Crippen molar-refractivity contribution in [1.82, 2.24) is 10.6 Å². The quantitative estimate of drug-likeness (QED) is 0.0727. The van der Waals surface area contributed by atoms with Crippen LogP contribution in [-0.2, 0) is 23.9 Å². The predicted octanol–water partition coefficient (Wildman–Crippen LogP) is 3.76. The molecule has 1 aromatic rings. The van der Waals surface area contributed by atoms with Crippen molar-refractivity contribution in [2.75, 3.05) is 31.3 Å². The van der Waals surface area contributed by atoms with Gasteiger partial charge in [0, 0.05) is 38.3 Å². The second-order valence-electron chi connectivity index (χ2n) is 7.55. The van der Waals surface area contributed by atoms with E-state index in [-0.39, 0.29) is 53.2 Å². The van der Waals surface area contributed by atoms with Gasteiger partial charge in [0.1, 0.15) is 10.9 Å². The van der Waals surface area contributed by atoms with Crippen molar-refractivity contribution in [2.45, 2.75) is 57.5 Å². The van der Waals surface area contributed by atoms with Gasteiger partial charge in [-0.05, 0) is 34.1 Å². The summed E-state index contributed by atoms with van der Waals surface area (Å²) in [5, 5.41) is 5.36. The van der Waals surface area contributed by atoms with E-state index in [4.69, 9.17) is 9.47 Å². The zero-order valence-electron chi connectivity index (χ0n) is 21.0. The van der Waals surface area contributed by atoms with Crippen LogP contribution < -0.4 is 15.4 Å². The zero-order chi connectivity index (χ0) is 28.0. The molecule has 37 heavy (non-hydrogen) atoms. The van der Waals surface area contributed by atoms with Crippen LogP contribution in [0.5, 0.6) is 5.75 Å². The monoisotopic (exact) mass is 572 g/mol. The molecule has 0 aliphatic heterocycles. The highest BCUT2D eigenvalue weighted by molar-refractivity contribution is 8.00. The Morgan fingerprint density at radius 2 is 1.46 bits per heavy atom. The average molecular weight is 573 g/mol. The normalized spacial score (nSPS) is 13.5. The fourth-order valence-electron chi connectivity index (χ4n) is 2.83. The summed E-state index contributed by atoms with van der Waals surface area (Å²) < 4.78 is 69.0. The Bertz CT molecular complexity index is 912. The molecule has 2 amide bonds. The highest BCUT2D eigenvalue weighted by Crippen LogP contribution is 2.25. The van der Waals surface area contributed by atoms with Crippen molar-refractivity contribution in [3.8, 4) is 5.75 Å². The Morgan fingerprint density at radius 3 is 2.03 bits per heavy atom.